The van der Waals surface area contributed by atoms with E-state index in [4.69, 9.17) is 5.26 Å². The molecule has 0 aliphatic heterocycles. The maximum Gasteiger partial charge on any atom is 0.0622 e. The van der Waals surface area contributed by atoms with Gasteiger partial charge in [0.05, 0.1) is 6.07 Å². The first-order chi connectivity index (χ1) is 3.91. The highest BCUT2D eigenvalue weighted by molar-refractivity contribution is 5.01. The first-order valence-electron chi connectivity index (χ1n) is 2.53. The van der Waals surface area contributed by atoms with Gasteiger partial charge in [0.25, 0.3) is 0 Å². The van der Waals surface area contributed by atoms with Crippen molar-refractivity contribution in [1.82, 2.24) is 0 Å². The van der Waals surface area contributed by atoms with Crippen LogP contribution >= 0.6 is 0 Å². The molecule has 8 heavy (non-hydrogen) atoms. The first-order valence-corrected chi connectivity index (χ1v) is 2.53. The van der Waals surface area contributed by atoms with E-state index in [0.717, 1.165) is 12.8 Å². The van der Waals surface area contributed by atoms with Crippen molar-refractivity contribution in [1.29, 1.82) is 5.26 Å². The van der Waals surface area contributed by atoms with Gasteiger partial charge in [-0.1, -0.05) is 0 Å². The monoisotopic (exact) mass is 106 g/mol. The number of hydrogen-bond acceptors (Lipinski definition) is 1. The van der Waals surface area contributed by atoms with Gasteiger partial charge in [-0.2, -0.15) is 5.26 Å². The van der Waals surface area contributed by atoms with E-state index >= 15 is 0 Å². The highest BCUT2D eigenvalue weighted by Crippen LogP contribution is 1.89. The minimum atomic E-state index is 0.606. The molecule has 0 atom stereocenters. The highest BCUT2D eigenvalue weighted by atomic mass is 14.2. The Morgan fingerprint density at radius 1 is 1.38 bits per heavy atom. The zero-order valence-corrected chi connectivity index (χ0v) is 4.78. The van der Waals surface area contributed by atoms with Crippen LogP contribution in [-0.4, -0.2) is 0 Å². The predicted octanol–water partition coefficient (Wildman–Crippen LogP) is 1.52. The summed E-state index contributed by atoms with van der Waals surface area (Å²) in [5.74, 6) is 5.29. The van der Waals surface area contributed by atoms with E-state index in [1.807, 2.05) is 6.07 Å². The van der Waals surface area contributed by atoms with E-state index in [1.54, 1.807) is 0 Å². The number of nitriles is 1. The van der Waals surface area contributed by atoms with E-state index in [-0.39, 0.29) is 0 Å². The third kappa shape index (κ3) is 5.05. The lowest BCUT2D eigenvalue weighted by atomic mass is 10.2. The quantitative estimate of drug-likeness (QED) is 0.386. The van der Waals surface area contributed by atoms with E-state index < -0.39 is 0 Å². The number of nitrogens with zero attached hydrogens (tertiary/aromatic N) is 1. The van der Waals surface area contributed by atoms with Crippen molar-refractivity contribution in [2.75, 3.05) is 0 Å². The van der Waals surface area contributed by atoms with Crippen molar-refractivity contribution in [2.24, 2.45) is 0 Å². The van der Waals surface area contributed by atoms with Gasteiger partial charge >= 0.3 is 0 Å². The topological polar surface area (TPSA) is 23.8 Å². The Bertz CT molecular complexity index is 131. The zero-order chi connectivity index (χ0) is 6.24. The van der Waals surface area contributed by atoms with Gasteiger partial charge in [-0.25, -0.2) is 0 Å². The maximum absolute atomic E-state index is 8.05. The van der Waals surface area contributed by atoms with Crippen molar-refractivity contribution >= 4 is 0 Å². The summed E-state index contributed by atoms with van der Waals surface area (Å²) >= 11 is 0. The summed E-state index contributed by atoms with van der Waals surface area (Å²) < 4.78 is 0. The molecule has 0 spiro atoms. The fourth-order valence-electron chi connectivity index (χ4n) is 0.344. The van der Waals surface area contributed by atoms with Gasteiger partial charge in [-0.3, -0.25) is 0 Å². The molecule has 0 fully saturated rings. The van der Waals surface area contributed by atoms with Crippen LogP contribution in [-0.2, 0) is 0 Å². The molecule has 0 aliphatic carbocycles. The molecule has 0 saturated carbocycles. The molecule has 1 heteroatoms. The Labute approximate surface area is 50.3 Å². The largest absolute Gasteiger partial charge is 0.198 e. The summed E-state index contributed by atoms with van der Waals surface area (Å²) in [6.45, 7) is 3.34. The molecular formula is C7H8N. The third-order valence-electron chi connectivity index (χ3n) is 0.715. The summed E-state index contributed by atoms with van der Waals surface area (Å²) in [5, 5.41) is 8.05. The summed E-state index contributed by atoms with van der Waals surface area (Å²) in [7, 11) is 0. The molecule has 0 aromatic heterocycles. The van der Waals surface area contributed by atoms with Gasteiger partial charge in [0, 0.05) is 19.8 Å². The second kappa shape index (κ2) is 6.05. The summed E-state index contributed by atoms with van der Waals surface area (Å²) in [5.41, 5.74) is 0. The fraction of sp³-hybridized carbons (Fsp3) is 0.429. The third-order valence-corrected chi connectivity index (χ3v) is 0.715. The van der Waals surface area contributed by atoms with Crippen molar-refractivity contribution < 1.29 is 0 Å². The second-order valence-corrected chi connectivity index (χ2v) is 1.37. The normalized spacial score (nSPS) is 6.50. The van der Waals surface area contributed by atoms with Gasteiger partial charge < -0.3 is 0 Å². The molecule has 0 aliphatic rings. The SMILES string of the molecule is [CH2]C#CCCCC#N. The lowest BCUT2D eigenvalue weighted by molar-refractivity contribution is 0.894. The van der Waals surface area contributed by atoms with Crippen LogP contribution in [0.1, 0.15) is 19.3 Å². The Balaban J connectivity index is 2.93. The highest BCUT2D eigenvalue weighted by Gasteiger charge is 1.77. The van der Waals surface area contributed by atoms with E-state index in [9.17, 15) is 0 Å². The van der Waals surface area contributed by atoms with Crippen LogP contribution in [0.3, 0.4) is 0 Å². The lowest BCUT2D eigenvalue weighted by Gasteiger charge is -1.78. The zero-order valence-electron chi connectivity index (χ0n) is 4.78. The van der Waals surface area contributed by atoms with Crippen LogP contribution in [0.5, 0.6) is 0 Å². The molecule has 0 bridgehead atoms. The minimum absolute atomic E-state index is 0.606. The molecule has 0 amide bonds. The molecule has 0 aromatic carbocycles. The average Bonchev–Trinajstić information content (AvgIpc) is 1.81. The predicted molar refractivity (Wildman–Crippen MR) is 32.6 cm³/mol. The van der Waals surface area contributed by atoms with Crippen LogP contribution in [0, 0.1) is 30.1 Å². The van der Waals surface area contributed by atoms with Crippen molar-refractivity contribution in [3.05, 3.63) is 6.92 Å². The van der Waals surface area contributed by atoms with Crippen LogP contribution < -0.4 is 0 Å². The van der Waals surface area contributed by atoms with Gasteiger partial charge in [-0.05, 0) is 6.42 Å². The first kappa shape index (κ1) is 7.05. The molecular weight excluding hydrogens is 98.1 g/mol. The van der Waals surface area contributed by atoms with Crippen LogP contribution in [0.4, 0.5) is 0 Å². The number of rotatable bonds is 2. The van der Waals surface area contributed by atoms with Crippen molar-refractivity contribution in [3.63, 3.8) is 0 Å². The Kier molecular flexibility index (Phi) is 5.33. The molecule has 0 saturated heterocycles. The standard InChI is InChI=1S/C7H8N/c1-2-3-4-5-6-7-8/h1,4-6H2. The smallest absolute Gasteiger partial charge is 0.0622 e. The van der Waals surface area contributed by atoms with Crippen LogP contribution in [0.15, 0.2) is 0 Å². The molecule has 0 heterocycles. The van der Waals surface area contributed by atoms with Gasteiger partial charge in [0.2, 0.25) is 0 Å². The molecule has 1 nitrogen and oxygen atoms in total. The van der Waals surface area contributed by atoms with Crippen molar-refractivity contribution in [3.8, 4) is 17.9 Å². The lowest BCUT2D eigenvalue weighted by Crippen LogP contribution is -1.67. The summed E-state index contributed by atoms with van der Waals surface area (Å²) in [6.07, 6.45) is 2.28. The van der Waals surface area contributed by atoms with Crippen LogP contribution in [0.25, 0.3) is 0 Å². The molecule has 0 N–H and O–H groups in total. The Morgan fingerprint density at radius 2 is 2.12 bits per heavy atom. The summed E-state index contributed by atoms with van der Waals surface area (Å²) in [4.78, 5) is 0. The number of hydrogen-bond donors (Lipinski definition) is 0. The van der Waals surface area contributed by atoms with Gasteiger partial charge in [0.1, 0.15) is 0 Å². The van der Waals surface area contributed by atoms with E-state index in [1.165, 1.54) is 0 Å². The fourth-order valence-corrected chi connectivity index (χ4v) is 0.344. The van der Waals surface area contributed by atoms with Crippen LogP contribution in [0.2, 0.25) is 0 Å². The number of unbranched alkanes of at least 4 members (excludes halogenated alkanes) is 2. The van der Waals surface area contributed by atoms with Gasteiger partial charge in [0.15, 0.2) is 0 Å². The molecule has 1 radical (unpaired) electrons. The summed E-state index contributed by atoms with van der Waals surface area (Å²) in [6, 6.07) is 2.04. The van der Waals surface area contributed by atoms with Crippen molar-refractivity contribution in [2.45, 2.75) is 19.3 Å². The maximum atomic E-state index is 8.05. The minimum Gasteiger partial charge on any atom is -0.198 e. The average molecular weight is 106 g/mol. The second-order valence-electron chi connectivity index (χ2n) is 1.37. The van der Waals surface area contributed by atoms with E-state index in [2.05, 4.69) is 18.8 Å². The Morgan fingerprint density at radius 3 is 2.62 bits per heavy atom. The molecule has 0 unspecified atom stereocenters. The van der Waals surface area contributed by atoms with E-state index in [0.29, 0.717) is 6.42 Å². The molecule has 41 valence electrons. The Hall–Kier alpha value is -0.950. The molecule has 0 rings (SSSR count). The molecule has 0 aromatic rings. The van der Waals surface area contributed by atoms with Gasteiger partial charge in [-0.15, -0.1) is 11.8 Å².